The number of benzene rings is 2. The molecule has 2 heterocycles. The average Bonchev–Trinajstić information content (AvgIpc) is 2.71. The summed E-state index contributed by atoms with van der Waals surface area (Å²) in [6.07, 6.45) is 0. The number of nitrogens with zero attached hydrogens (tertiary/aromatic N) is 2. The molecule has 5 nitrogen and oxygen atoms in total. The molecule has 0 aliphatic carbocycles. The number of nitrogens with two attached hydrogens (primary N) is 1. The fraction of sp³-hybridized carbons (Fsp3) is 0.130. The highest BCUT2D eigenvalue weighted by atomic mass is 35.5. The van der Waals surface area contributed by atoms with Crippen LogP contribution in [0.4, 0.5) is 0 Å². The van der Waals surface area contributed by atoms with Gasteiger partial charge in [-0.05, 0) is 24.1 Å². The maximum Gasteiger partial charge on any atom is 0.259 e. The van der Waals surface area contributed by atoms with Crippen LogP contribution in [-0.4, -0.2) is 4.57 Å². The van der Waals surface area contributed by atoms with Crippen molar-refractivity contribution in [1.82, 2.24) is 4.57 Å². The first-order chi connectivity index (χ1) is 14.0. The monoisotopic (exact) mass is 403 g/mol. The Labute approximate surface area is 173 Å². The van der Waals surface area contributed by atoms with Crippen molar-refractivity contribution >= 4 is 11.6 Å². The molecular formula is C23H18ClN3O2. The molecule has 144 valence electrons. The van der Waals surface area contributed by atoms with Gasteiger partial charge in [0.25, 0.3) is 5.56 Å². The molecule has 1 aromatic heterocycles. The minimum atomic E-state index is -0.687. The van der Waals surface area contributed by atoms with Crippen molar-refractivity contribution in [3.63, 3.8) is 0 Å². The zero-order chi connectivity index (χ0) is 20.5. The van der Waals surface area contributed by atoms with Crippen molar-refractivity contribution in [3.05, 3.63) is 110 Å². The Morgan fingerprint density at radius 2 is 1.86 bits per heavy atom. The lowest BCUT2D eigenvalue weighted by molar-refractivity contribution is 0.389. The van der Waals surface area contributed by atoms with E-state index in [1.54, 1.807) is 28.8 Å². The zero-order valence-electron chi connectivity index (χ0n) is 15.7. The number of hydrogen-bond donors (Lipinski definition) is 1. The molecule has 29 heavy (non-hydrogen) atoms. The Hall–Kier alpha value is -3.49. The summed E-state index contributed by atoms with van der Waals surface area (Å²) in [7, 11) is 0. The summed E-state index contributed by atoms with van der Waals surface area (Å²) >= 11 is 6.42. The number of fused-ring (bicyclic) bond motifs is 1. The number of nitriles is 1. The molecule has 0 saturated heterocycles. The first kappa shape index (κ1) is 18.9. The van der Waals surface area contributed by atoms with Gasteiger partial charge in [-0.1, -0.05) is 60.1 Å². The summed E-state index contributed by atoms with van der Waals surface area (Å²) in [5, 5.41) is 10.2. The highest BCUT2D eigenvalue weighted by Gasteiger charge is 2.35. The molecule has 0 unspecified atom stereocenters. The van der Waals surface area contributed by atoms with E-state index < -0.39 is 5.92 Å². The van der Waals surface area contributed by atoms with Crippen LogP contribution < -0.4 is 16.0 Å². The van der Waals surface area contributed by atoms with Gasteiger partial charge in [0.15, 0.2) is 0 Å². The van der Waals surface area contributed by atoms with Crippen molar-refractivity contribution in [3.8, 4) is 11.8 Å². The fourth-order valence-electron chi connectivity index (χ4n) is 3.67. The lowest BCUT2D eigenvalue weighted by Gasteiger charge is -2.27. The number of hydrogen-bond acceptors (Lipinski definition) is 4. The second-order valence-corrected chi connectivity index (χ2v) is 7.29. The van der Waals surface area contributed by atoms with Crippen molar-refractivity contribution in [2.24, 2.45) is 5.73 Å². The van der Waals surface area contributed by atoms with Crippen molar-refractivity contribution in [1.29, 1.82) is 5.26 Å². The van der Waals surface area contributed by atoms with Crippen LogP contribution in [0.5, 0.6) is 5.75 Å². The second kappa shape index (κ2) is 7.50. The van der Waals surface area contributed by atoms with Gasteiger partial charge in [-0.3, -0.25) is 4.79 Å². The van der Waals surface area contributed by atoms with Gasteiger partial charge in [0.05, 0.1) is 18.0 Å². The maximum atomic E-state index is 13.6. The number of allylic oxidation sites excluding steroid dienone is 1. The van der Waals surface area contributed by atoms with Gasteiger partial charge in [-0.2, -0.15) is 5.26 Å². The van der Waals surface area contributed by atoms with Gasteiger partial charge in [-0.25, -0.2) is 0 Å². The van der Waals surface area contributed by atoms with E-state index in [1.807, 2.05) is 43.3 Å². The number of rotatable bonds is 3. The molecule has 0 fully saturated rings. The van der Waals surface area contributed by atoms with E-state index in [9.17, 15) is 10.1 Å². The minimum absolute atomic E-state index is 0.00970. The lowest BCUT2D eigenvalue weighted by atomic mass is 9.84. The molecule has 0 spiro atoms. The molecule has 2 aromatic carbocycles. The van der Waals surface area contributed by atoms with Gasteiger partial charge in [0.2, 0.25) is 5.88 Å². The number of halogens is 1. The van der Waals surface area contributed by atoms with Crippen LogP contribution >= 0.6 is 11.6 Å². The molecule has 1 aliphatic heterocycles. The first-order valence-corrected chi connectivity index (χ1v) is 9.49. The molecule has 0 radical (unpaired) electrons. The quantitative estimate of drug-likeness (QED) is 0.714. The summed E-state index contributed by atoms with van der Waals surface area (Å²) in [5.41, 5.74) is 8.73. The molecule has 0 saturated carbocycles. The molecule has 0 amide bonds. The number of ether oxygens (including phenoxy) is 1. The van der Waals surface area contributed by atoms with Crippen molar-refractivity contribution < 1.29 is 4.74 Å². The standard InChI is InChI=1S/C23H18ClN3O2/c1-14-11-19-21(23(28)27(14)13-15-7-3-2-4-8-15)20(17(12-25)22(26)29-19)16-9-5-6-10-18(16)24/h2-11,20H,13,26H2,1H3/t20-/m1/s1. The summed E-state index contributed by atoms with van der Waals surface area (Å²) in [6, 6.07) is 20.8. The molecule has 6 heteroatoms. The molecule has 1 aliphatic rings. The van der Waals surface area contributed by atoms with E-state index in [0.717, 1.165) is 11.3 Å². The Morgan fingerprint density at radius 1 is 1.17 bits per heavy atom. The summed E-state index contributed by atoms with van der Waals surface area (Å²) in [5.74, 6) is -0.338. The Kier molecular flexibility index (Phi) is 4.87. The molecular weight excluding hydrogens is 386 g/mol. The van der Waals surface area contributed by atoms with Crippen LogP contribution in [-0.2, 0) is 6.54 Å². The molecule has 0 bridgehead atoms. The van der Waals surface area contributed by atoms with E-state index in [-0.39, 0.29) is 17.0 Å². The largest absolute Gasteiger partial charge is 0.440 e. The number of aromatic nitrogens is 1. The van der Waals surface area contributed by atoms with E-state index in [4.69, 9.17) is 22.1 Å². The Bertz CT molecular complexity index is 1220. The smallest absolute Gasteiger partial charge is 0.259 e. The van der Waals surface area contributed by atoms with Gasteiger partial charge in [0, 0.05) is 16.8 Å². The SMILES string of the molecule is Cc1cc2c(c(=O)n1Cc1ccccc1)[C@H](c1ccccc1Cl)C(C#N)=C(N)O2. The van der Waals surface area contributed by atoms with Gasteiger partial charge < -0.3 is 15.0 Å². The summed E-state index contributed by atoms with van der Waals surface area (Å²) in [6.45, 7) is 2.26. The predicted molar refractivity (Wildman–Crippen MR) is 112 cm³/mol. The minimum Gasteiger partial charge on any atom is -0.440 e. The highest BCUT2D eigenvalue weighted by molar-refractivity contribution is 6.31. The third-order valence-electron chi connectivity index (χ3n) is 5.09. The Morgan fingerprint density at radius 3 is 2.55 bits per heavy atom. The third kappa shape index (κ3) is 3.28. The van der Waals surface area contributed by atoms with E-state index >= 15 is 0 Å². The molecule has 1 atom stereocenters. The van der Waals surface area contributed by atoms with Gasteiger partial charge in [0.1, 0.15) is 17.4 Å². The van der Waals surface area contributed by atoms with E-state index in [1.165, 1.54) is 0 Å². The number of aryl methyl sites for hydroxylation is 1. The molecule has 4 rings (SSSR count). The van der Waals surface area contributed by atoms with Crippen LogP contribution in [0.15, 0.2) is 76.9 Å². The Balaban J connectivity index is 1.96. The maximum absolute atomic E-state index is 13.6. The fourth-order valence-corrected chi connectivity index (χ4v) is 3.91. The normalized spacial score (nSPS) is 15.4. The van der Waals surface area contributed by atoms with E-state index in [2.05, 4.69) is 6.07 Å². The van der Waals surface area contributed by atoms with Gasteiger partial charge >= 0.3 is 0 Å². The molecule has 2 N–H and O–H groups in total. The van der Waals surface area contributed by atoms with Gasteiger partial charge in [-0.15, -0.1) is 0 Å². The van der Waals surface area contributed by atoms with Crippen LogP contribution in [0.2, 0.25) is 5.02 Å². The van der Waals surface area contributed by atoms with Crippen LogP contribution in [0.25, 0.3) is 0 Å². The van der Waals surface area contributed by atoms with Crippen LogP contribution in [0, 0.1) is 18.3 Å². The topological polar surface area (TPSA) is 81.0 Å². The number of pyridine rings is 1. The average molecular weight is 404 g/mol. The zero-order valence-corrected chi connectivity index (χ0v) is 16.5. The molecule has 3 aromatic rings. The summed E-state index contributed by atoms with van der Waals surface area (Å²) in [4.78, 5) is 13.6. The third-order valence-corrected chi connectivity index (χ3v) is 5.43. The predicted octanol–water partition coefficient (Wildman–Crippen LogP) is 4.08. The highest BCUT2D eigenvalue weighted by Crippen LogP contribution is 2.42. The lowest BCUT2D eigenvalue weighted by Crippen LogP contribution is -2.33. The summed E-state index contributed by atoms with van der Waals surface area (Å²) < 4.78 is 7.35. The second-order valence-electron chi connectivity index (χ2n) is 6.89. The first-order valence-electron chi connectivity index (χ1n) is 9.11. The van der Waals surface area contributed by atoms with E-state index in [0.29, 0.717) is 28.4 Å². The van der Waals surface area contributed by atoms with Crippen LogP contribution in [0.3, 0.4) is 0 Å². The van der Waals surface area contributed by atoms with Crippen LogP contribution in [0.1, 0.15) is 28.3 Å². The van der Waals surface area contributed by atoms with Crippen molar-refractivity contribution in [2.45, 2.75) is 19.4 Å². The van der Waals surface area contributed by atoms with Crippen molar-refractivity contribution in [2.75, 3.05) is 0 Å².